The molecule has 6 aromatic rings. The number of benzene rings is 2. The maximum atomic E-state index is 12.5. The fraction of sp³-hybridized carbons (Fsp3) is 0.226. The van der Waals surface area contributed by atoms with E-state index in [9.17, 15) is 18.0 Å². The number of carbonyl (C=O) groups is 1. The molecule has 1 fully saturated rings. The SMILES string of the molecule is O=C(Oc1ncn(-c2ccc(-c3cnc(N4CCOCC4)c4nc(CCc5ccc6ccccc6n5)cn34)cc2)n1)C(F)(F)F. The Balaban J connectivity index is 1.17. The quantitative estimate of drug-likeness (QED) is 0.238. The highest BCUT2D eigenvalue weighted by Crippen LogP contribution is 2.28. The molecule has 228 valence electrons. The zero-order valence-corrected chi connectivity index (χ0v) is 23.7. The van der Waals surface area contributed by atoms with E-state index < -0.39 is 18.2 Å². The Hall–Kier alpha value is -5.37. The van der Waals surface area contributed by atoms with Gasteiger partial charge in [0.25, 0.3) is 0 Å². The van der Waals surface area contributed by atoms with Gasteiger partial charge in [-0.15, -0.1) is 5.10 Å². The number of esters is 1. The van der Waals surface area contributed by atoms with Gasteiger partial charge in [0.1, 0.15) is 6.33 Å². The fourth-order valence-electron chi connectivity index (χ4n) is 5.19. The van der Waals surface area contributed by atoms with Crippen molar-refractivity contribution >= 4 is 28.3 Å². The number of aromatic nitrogens is 7. The van der Waals surface area contributed by atoms with Gasteiger partial charge in [0.15, 0.2) is 11.5 Å². The highest BCUT2D eigenvalue weighted by Gasteiger charge is 2.42. The van der Waals surface area contributed by atoms with Crippen LogP contribution in [0.15, 0.2) is 79.4 Å². The van der Waals surface area contributed by atoms with Crippen LogP contribution in [0, 0.1) is 0 Å². The maximum Gasteiger partial charge on any atom is 0.491 e. The smallest absolute Gasteiger partial charge is 0.383 e. The molecule has 0 atom stereocenters. The van der Waals surface area contributed by atoms with Gasteiger partial charge in [0, 0.05) is 35.9 Å². The van der Waals surface area contributed by atoms with E-state index in [0.717, 1.165) is 57.8 Å². The number of halogens is 3. The van der Waals surface area contributed by atoms with Crippen molar-refractivity contribution in [2.75, 3.05) is 31.2 Å². The molecule has 45 heavy (non-hydrogen) atoms. The van der Waals surface area contributed by atoms with Gasteiger partial charge in [-0.25, -0.2) is 19.4 Å². The summed E-state index contributed by atoms with van der Waals surface area (Å²) in [5, 5.41) is 4.93. The molecule has 1 aliphatic heterocycles. The molecule has 0 saturated carbocycles. The summed E-state index contributed by atoms with van der Waals surface area (Å²) in [6.45, 7) is 2.63. The van der Waals surface area contributed by atoms with E-state index >= 15 is 0 Å². The second-order valence-electron chi connectivity index (χ2n) is 10.4. The molecule has 5 heterocycles. The molecule has 1 aliphatic rings. The van der Waals surface area contributed by atoms with E-state index in [1.807, 2.05) is 53.1 Å². The molecule has 1 saturated heterocycles. The number of ether oxygens (including phenoxy) is 2. The number of rotatable bonds is 7. The van der Waals surface area contributed by atoms with Gasteiger partial charge in [0.05, 0.1) is 42.0 Å². The van der Waals surface area contributed by atoms with Crippen molar-refractivity contribution in [1.29, 1.82) is 0 Å². The van der Waals surface area contributed by atoms with Crippen LogP contribution in [0.25, 0.3) is 33.5 Å². The number of anilines is 1. The summed E-state index contributed by atoms with van der Waals surface area (Å²) in [7, 11) is 0. The number of hydrogen-bond donors (Lipinski definition) is 0. The van der Waals surface area contributed by atoms with Crippen molar-refractivity contribution in [3.8, 4) is 23.0 Å². The van der Waals surface area contributed by atoms with Crippen molar-refractivity contribution in [2.45, 2.75) is 19.0 Å². The number of morpholine rings is 1. The van der Waals surface area contributed by atoms with Gasteiger partial charge in [-0.05, 0) is 37.1 Å². The number of imidazole rings is 1. The lowest BCUT2D eigenvalue weighted by Gasteiger charge is -2.28. The van der Waals surface area contributed by atoms with Crippen LogP contribution in [0.4, 0.5) is 19.0 Å². The average molecular weight is 615 g/mol. The van der Waals surface area contributed by atoms with Crippen molar-refractivity contribution in [3.05, 3.63) is 90.8 Å². The number of pyridine rings is 1. The first-order valence-electron chi connectivity index (χ1n) is 14.2. The lowest BCUT2D eigenvalue weighted by Crippen LogP contribution is -2.37. The summed E-state index contributed by atoms with van der Waals surface area (Å²) >= 11 is 0. The minimum Gasteiger partial charge on any atom is -0.383 e. The van der Waals surface area contributed by atoms with E-state index in [2.05, 4.69) is 25.8 Å². The first-order valence-corrected chi connectivity index (χ1v) is 14.2. The lowest BCUT2D eigenvalue weighted by molar-refractivity contribution is -0.190. The molecule has 0 aliphatic carbocycles. The molecule has 14 heteroatoms. The van der Waals surface area contributed by atoms with Crippen molar-refractivity contribution in [3.63, 3.8) is 0 Å². The first-order chi connectivity index (χ1) is 21.8. The number of alkyl halides is 3. The highest BCUT2D eigenvalue weighted by molar-refractivity contribution is 5.78. The van der Waals surface area contributed by atoms with Crippen LogP contribution < -0.4 is 9.64 Å². The summed E-state index contributed by atoms with van der Waals surface area (Å²) in [6.07, 6.45) is 1.23. The molecule has 11 nitrogen and oxygen atoms in total. The van der Waals surface area contributed by atoms with Crippen LogP contribution in [0.1, 0.15) is 11.4 Å². The van der Waals surface area contributed by atoms with Crippen LogP contribution in [0.3, 0.4) is 0 Å². The third kappa shape index (κ3) is 5.91. The number of para-hydroxylation sites is 1. The third-order valence-electron chi connectivity index (χ3n) is 7.44. The Morgan fingerprint density at radius 2 is 1.69 bits per heavy atom. The topological polar surface area (TPSA) is 113 Å². The van der Waals surface area contributed by atoms with E-state index in [4.69, 9.17) is 19.7 Å². The Kier molecular flexibility index (Phi) is 7.33. The van der Waals surface area contributed by atoms with Gasteiger partial charge in [-0.3, -0.25) is 9.38 Å². The minimum absolute atomic E-state index is 0.504. The Morgan fingerprint density at radius 3 is 2.49 bits per heavy atom. The zero-order chi connectivity index (χ0) is 31.0. The first kappa shape index (κ1) is 28.4. The van der Waals surface area contributed by atoms with Crippen LogP contribution >= 0.6 is 0 Å². The normalized spacial score (nSPS) is 13.9. The molecule has 4 aromatic heterocycles. The van der Waals surface area contributed by atoms with Crippen molar-refractivity contribution in [2.24, 2.45) is 0 Å². The monoisotopic (exact) mass is 614 g/mol. The van der Waals surface area contributed by atoms with Gasteiger partial charge in [0.2, 0.25) is 0 Å². The molecule has 0 amide bonds. The third-order valence-corrected chi connectivity index (χ3v) is 7.44. The van der Waals surface area contributed by atoms with E-state index in [1.165, 1.54) is 4.68 Å². The average Bonchev–Trinajstić information content (AvgIpc) is 3.71. The number of aryl methyl sites for hydroxylation is 2. The largest absolute Gasteiger partial charge is 0.491 e. The Morgan fingerprint density at radius 1 is 0.911 bits per heavy atom. The summed E-state index contributed by atoms with van der Waals surface area (Å²) < 4.78 is 50.6. The number of hydrogen-bond acceptors (Lipinski definition) is 9. The predicted molar refractivity (Wildman–Crippen MR) is 157 cm³/mol. The number of fused-ring (bicyclic) bond motifs is 2. The fourth-order valence-corrected chi connectivity index (χ4v) is 5.19. The van der Waals surface area contributed by atoms with E-state index in [1.54, 1.807) is 18.3 Å². The molecule has 0 bridgehead atoms. The maximum absolute atomic E-state index is 12.5. The standard InChI is InChI=1S/C31H25F3N8O3/c32-31(33,34)29(43)45-30-36-19-42(39-30)24-11-6-21(7-12-24)26-17-35-27(40-13-15-44-16-14-40)28-38-23(18-41(26)28)10-9-22-8-5-20-3-1-2-4-25(20)37-22/h1-8,11-12,17-19H,9-10,13-16H2. The van der Waals surface area contributed by atoms with Crippen LogP contribution in [-0.2, 0) is 22.4 Å². The van der Waals surface area contributed by atoms with Gasteiger partial charge in [-0.1, -0.05) is 36.4 Å². The van der Waals surface area contributed by atoms with Crippen molar-refractivity contribution < 1.29 is 27.4 Å². The number of nitrogens with zero attached hydrogens (tertiary/aromatic N) is 8. The molecule has 7 rings (SSSR count). The summed E-state index contributed by atoms with van der Waals surface area (Å²) in [5.74, 6) is -1.61. The Labute approximate surface area is 253 Å². The molecular weight excluding hydrogens is 589 g/mol. The van der Waals surface area contributed by atoms with Crippen molar-refractivity contribution in [1.82, 2.24) is 34.1 Å². The van der Waals surface area contributed by atoms with E-state index in [0.29, 0.717) is 38.4 Å². The van der Waals surface area contributed by atoms with E-state index in [-0.39, 0.29) is 0 Å². The lowest BCUT2D eigenvalue weighted by atomic mass is 10.1. The number of carbonyl (C=O) groups excluding carboxylic acids is 1. The van der Waals surface area contributed by atoms with Gasteiger partial charge < -0.3 is 14.4 Å². The summed E-state index contributed by atoms with van der Waals surface area (Å²) in [4.78, 5) is 31.6. The molecule has 0 spiro atoms. The minimum atomic E-state index is -5.15. The molecule has 0 unspecified atom stereocenters. The van der Waals surface area contributed by atoms with Crippen LogP contribution in [0.2, 0.25) is 0 Å². The van der Waals surface area contributed by atoms with Crippen LogP contribution in [0.5, 0.6) is 6.01 Å². The summed E-state index contributed by atoms with van der Waals surface area (Å²) in [6, 6.07) is 18.6. The second kappa shape index (κ2) is 11.6. The molecule has 0 N–H and O–H groups in total. The molecule has 0 radical (unpaired) electrons. The molecule has 2 aromatic carbocycles. The Bertz CT molecular complexity index is 2000. The second-order valence-corrected chi connectivity index (χ2v) is 10.4. The summed E-state index contributed by atoms with van der Waals surface area (Å²) in [5.41, 5.74) is 5.70. The zero-order valence-electron chi connectivity index (χ0n) is 23.7. The predicted octanol–water partition coefficient (Wildman–Crippen LogP) is 4.61. The highest BCUT2D eigenvalue weighted by atomic mass is 19.4. The van der Waals surface area contributed by atoms with Crippen LogP contribution in [-0.4, -0.2) is 72.6 Å². The van der Waals surface area contributed by atoms with Gasteiger partial charge >= 0.3 is 18.2 Å². The van der Waals surface area contributed by atoms with Gasteiger partial charge in [-0.2, -0.15) is 18.2 Å². The molecular formula is C31H25F3N8O3.